The SMILES string of the molecule is N#Cc1c(-c2ccccc2)cc(-c2cccs2)nc1SCCC(=O)O[C@H]1CCCC[C@H]1[S@](=O)Cc1ccccc1. The smallest absolute Gasteiger partial charge is 0.306 e. The van der Waals surface area contributed by atoms with Crippen molar-refractivity contribution < 1.29 is 13.7 Å². The Morgan fingerprint density at radius 2 is 1.80 bits per heavy atom. The van der Waals surface area contributed by atoms with Gasteiger partial charge in [0.2, 0.25) is 0 Å². The Morgan fingerprint density at radius 1 is 1.05 bits per heavy atom. The Hall–Kier alpha value is -3.25. The molecule has 0 N–H and O–H groups in total. The van der Waals surface area contributed by atoms with Crippen molar-refractivity contribution in [2.45, 2.75) is 54.2 Å². The number of thiophene rings is 1. The molecule has 3 atom stereocenters. The van der Waals surface area contributed by atoms with E-state index < -0.39 is 10.8 Å². The second kappa shape index (κ2) is 13.9. The van der Waals surface area contributed by atoms with Crippen LogP contribution >= 0.6 is 23.1 Å². The van der Waals surface area contributed by atoms with Gasteiger partial charge in [-0.3, -0.25) is 9.00 Å². The third-order valence-electron chi connectivity index (χ3n) is 6.92. The summed E-state index contributed by atoms with van der Waals surface area (Å²) < 4.78 is 19.1. The van der Waals surface area contributed by atoms with E-state index in [0.717, 1.165) is 52.9 Å². The van der Waals surface area contributed by atoms with Gasteiger partial charge in [-0.15, -0.1) is 23.1 Å². The topological polar surface area (TPSA) is 80.1 Å². The Morgan fingerprint density at radius 3 is 2.52 bits per heavy atom. The number of carbonyl (C=O) groups is 1. The first kappa shape index (κ1) is 28.3. The van der Waals surface area contributed by atoms with Gasteiger partial charge in [-0.05, 0) is 47.9 Å². The molecule has 0 saturated heterocycles. The summed E-state index contributed by atoms with van der Waals surface area (Å²) in [6, 6.07) is 28.0. The number of carbonyl (C=O) groups excluding carboxylic acids is 1. The van der Waals surface area contributed by atoms with Crippen LogP contribution in [0.2, 0.25) is 0 Å². The first-order valence-corrected chi connectivity index (χ1v) is 16.6. The Bertz CT molecular complexity index is 1490. The van der Waals surface area contributed by atoms with E-state index in [4.69, 9.17) is 9.72 Å². The van der Waals surface area contributed by atoms with Crippen molar-refractivity contribution in [3.05, 3.63) is 95.4 Å². The van der Waals surface area contributed by atoms with E-state index in [0.29, 0.717) is 22.1 Å². The molecule has 2 aromatic carbocycles. The Kier molecular flexibility index (Phi) is 9.82. The maximum Gasteiger partial charge on any atom is 0.306 e. The van der Waals surface area contributed by atoms with E-state index in [-0.39, 0.29) is 23.7 Å². The molecule has 2 aromatic heterocycles. The van der Waals surface area contributed by atoms with Crippen LogP contribution in [0, 0.1) is 11.3 Å². The number of pyridine rings is 1. The van der Waals surface area contributed by atoms with Crippen LogP contribution in [0.3, 0.4) is 0 Å². The van der Waals surface area contributed by atoms with Crippen molar-refractivity contribution in [3.8, 4) is 27.8 Å². The molecule has 204 valence electrons. The molecule has 5 rings (SSSR count). The van der Waals surface area contributed by atoms with Crippen molar-refractivity contribution in [2.24, 2.45) is 0 Å². The minimum Gasteiger partial charge on any atom is -0.461 e. The average molecular weight is 587 g/mol. The summed E-state index contributed by atoms with van der Waals surface area (Å²) >= 11 is 3.00. The third-order valence-corrected chi connectivity index (χ3v) is 10.6. The lowest BCUT2D eigenvalue weighted by Gasteiger charge is -2.30. The molecular formula is C32H30N2O3S3. The van der Waals surface area contributed by atoms with Gasteiger partial charge in [0.25, 0.3) is 0 Å². The quantitative estimate of drug-likeness (QED) is 0.140. The molecule has 2 heterocycles. The number of rotatable bonds is 10. The van der Waals surface area contributed by atoms with Crippen LogP contribution in [-0.2, 0) is 26.1 Å². The molecular weight excluding hydrogens is 557 g/mol. The number of nitriles is 1. The fourth-order valence-electron chi connectivity index (χ4n) is 4.93. The van der Waals surface area contributed by atoms with Gasteiger partial charge in [0.05, 0.1) is 27.8 Å². The van der Waals surface area contributed by atoms with E-state index in [1.807, 2.05) is 84.2 Å². The zero-order chi connectivity index (χ0) is 27.7. The summed E-state index contributed by atoms with van der Waals surface area (Å²) in [5, 5.41) is 12.5. The molecule has 0 aliphatic heterocycles. The summed E-state index contributed by atoms with van der Waals surface area (Å²) in [4.78, 5) is 18.7. The predicted molar refractivity (Wildman–Crippen MR) is 163 cm³/mol. The molecule has 40 heavy (non-hydrogen) atoms. The van der Waals surface area contributed by atoms with Gasteiger partial charge >= 0.3 is 5.97 Å². The molecule has 1 saturated carbocycles. The summed E-state index contributed by atoms with van der Waals surface area (Å²) in [5.41, 5.74) is 4.13. The van der Waals surface area contributed by atoms with E-state index >= 15 is 0 Å². The van der Waals surface area contributed by atoms with Crippen LogP contribution in [0.1, 0.15) is 43.2 Å². The van der Waals surface area contributed by atoms with Crippen LogP contribution in [0.25, 0.3) is 21.7 Å². The summed E-state index contributed by atoms with van der Waals surface area (Å²) in [6.45, 7) is 0. The molecule has 0 amide bonds. The summed E-state index contributed by atoms with van der Waals surface area (Å²) in [5.74, 6) is 0.618. The molecule has 1 fully saturated rings. The number of hydrogen-bond acceptors (Lipinski definition) is 7. The fraction of sp³-hybridized carbons (Fsp3) is 0.281. The number of aromatic nitrogens is 1. The number of thioether (sulfide) groups is 1. The lowest BCUT2D eigenvalue weighted by atomic mass is 9.97. The van der Waals surface area contributed by atoms with Gasteiger partial charge < -0.3 is 4.74 Å². The van der Waals surface area contributed by atoms with Crippen molar-refractivity contribution in [3.63, 3.8) is 0 Å². The fourth-order valence-corrected chi connectivity index (χ4v) is 8.24. The van der Waals surface area contributed by atoms with Crippen LogP contribution < -0.4 is 0 Å². The first-order valence-electron chi connectivity index (χ1n) is 13.4. The Balaban J connectivity index is 1.26. The number of ether oxygens (including phenoxy) is 1. The van der Waals surface area contributed by atoms with E-state index in [1.165, 1.54) is 11.8 Å². The van der Waals surface area contributed by atoms with Crippen LogP contribution in [0.4, 0.5) is 0 Å². The molecule has 1 aliphatic rings. The van der Waals surface area contributed by atoms with Crippen molar-refractivity contribution in [1.29, 1.82) is 5.26 Å². The number of nitrogens with zero attached hydrogens (tertiary/aromatic N) is 2. The van der Waals surface area contributed by atoms with Gasteiger partial charge in [-0.1, -0.05) is 73.2 Å². The number of benzene rings is 2. The van der Waals surface area contributed by atoms with E-state index in [1.54, 1.807) is 11.3 Å². The minimum absolute atomic E-state index is 0.145. The van der Waals surface area contributed by atoms with Crippen molar-refractivity contribution in [1.82, 2.24) is 4.98 Å². The zero-order valence-electron chi connectivity index (χ0n) is 22.0. The van der Waals surface area contributed by atoms with Gasteiger partial charge in [0.1, 0.15) is 17.2 Å². The monoisotopic (exact) mass is 586 g/mol. The average Bonchev–Trinajstić information content (AvgIpc) is 3.53. The van der Waals surface area contributed by atoms with Gasteiger partial charge in [-0.2, -0.15) is 5.26 Å². The molecule has 4 aromatic rings. The standard InChI is InChI=1S/C32H30N2O3S3/c33-21-26-25(24-12-5-2-6-13-24)20-27(29-15-9-18-38-29)34-32(26)39-19-17-31(35)37-28-14-7-8-16-30(28)40(36)22-23-10-3-1-4-11-23/h1-6,9-13,15,18,20,28,30H,7-8,14,16-17,19,22H2/t28-,30+,40+/m0/s1. The maximum absolute atomic E-state index is 13.2. The van der Waals surface area contributed by atoms with Crippen LogP contribution in [0.15, 0.2) is 89.3 Å². The lowest BCUT2D eigenvalue weighted by Crippen LogP contribution is -2.38. The second-order valence-electron chi connectivity index (χ2n) is 9.65. The highest BCUT2D eigenvalue weighted by Crippen LogP contribution is 2.36. The molecule has 0 spiro atoms. The lowest BCUT2D eigenvalue weighted by molar-refractivity contribution is -0.149. The molecule has 8 heteroatoms. The molecule has 0 radical (unpaired) electrons. The van der Waals surface area contributed by atoms with E-state index in [9.17, 15) is 14.3 Å². The first-order chi connectivity index (χ1) is 19.6. The number of esters is 1. The van der Waals surface area contributed by atoms with Crippen LogP contribution in [0.5, 0.6) is 0 Å². The number of hydrogen-bond donors (Lipinski definition) is 0. The zero-order valence-corrected chi connectivity index (χ0v) is 24.5. The highest BCUT2D eigenvalue weighted by Gasteiger charge is 2.32. The molecule has 0 bridgehead atoms. The molecule has 0 unspecified atom stereocenters. The van der Waals surface area contributed by atoms with Gasteiger partial charge in [-0.25, -0.2) is 4.98 Å². The van der Waals surface area contributed by atoms with Gasteiger partial charge in [0, 0.05) is 27.9 Å². The minimum atomic E-state index is -1.11. The third kappa shape index (κ3) is 7.08. The van der Waals surface area contributed by atoms with Gasteiger partial charge in [0.15, 0.2) is 0 Å². The van der Waals surface area contributed by atoms with Crippen molar-refractivity contribution in [2.75, 3.05) is 5.75 Å². The predicted octanol–water partition coefficient (Wildman–Crippen LogP) is 7.63. The molecule has 1 aliphatic carbocycles. The van der Waals surface area contributed by atoms with Crippen molar-refractivity contribution >= 4 is 39.9 Å². The molecule has 5 nitrogen and oxygen atoms in total. The Labute approximate surface area is 246 Å². The normalized spacial score (nSPS) is 17.6. The highest BCUT2D eigenvalue weighted by atomic mass is 32.2. The van der Waals surface area contributed by atoms with E-state index in [2.05, 4.69) is 6.07 Å². The summed E-state index contributed by atoms with van der Waals surface area (Å²) in [7, 11) is -1.11. The summed E-state index contributed by atoms with van der Waals surface area (Å²) in [6.07, 6.45) is 3.39. The maximum atomic E-state index is 13.2. The highest BCUT2D eigenvalue weighted by molar-refractivity contribution is 7.99. The largest absolute Gasteiger partial charge is 0.461 e. The second-order valence-corrected chi connectivity index (χ2v) is 13.3. The van der Waals surface area contributed by atoms with Crippen LogP contribution in [-0.4, -0.2) is 32.3 Å².